The number of rotatable bonds is 1. The summed E-state index contributed by atoms with van der Waals surface area (Å²) in [6, 6.07) is 8.09. The first-order valence-electron chi connectivity index (χ1n) is 6.72. The zero-order chi connectivity index (χ0) is 13.7. The van der Waals surface area contributed by atoms with Gasteiger partial charge in [0, 0.05) is 12.6 Å². The van der Waals surface area contributed by atoms with Gasteiger partial charge in [0.15, 0.2) is 0 Å². The van der Waals surface area contributed by atoms with E-state index < -0.39 is 0 Å². The molecule has 4 rings (SSSR count). The molecule has 3 aromatic rings. The fourth-order valence-corrected chi connectivity index (χ4v) is 2.82. The molecule has 0 fully saturated rings. The molecular weight excluding hydrogens is 254 g/mol. The number of imidazole rings is 1. The van der Waals surface area contributed by atoms with Crippen LogP contribution in [0, 0.1) is 0 Å². The molecule has 0 saturated carbocycles. The Morgan fingerprint density at radius 3 is 3.10 bits per heavy atom. The maximum atomic E-state index is 12.2. The zero-order valence-electron chi connectivity index (χ0n) is 11.1. The van der Waals surface area contributed by atoms with E-state index in [0.717, 1.165) is 35.5 Å². The molecule has 0 unspecified atom stereocenters. The van der Waals surface area contributed by atoms with E-state index in [0.29, 0.717) is 6.04 Å². The Balaban J connectivity index is 1.97. The lowest BCUT2D eigenvalue weighted by atomic mass is 10.2. The minimum absolute atomic E-state index is 0.124. The molecule has 1 aliphatic rings. The number of hydrogen-bond donors (Lipinski definition) is 2. The molecule has 6 nitrogen and oxygen atoms in total. The summed E-state index contributed by atoms with van der Waals surface area (Å²) in [4.78, 5) is 15.1. The molecule has 3 heterocycles. The molecule has 6 heteroatoms. The number of para-hydroxylation sites is 2. The lowest BCUT2D eigenvalue weighted by Gasteiger charge is -2.22. The molecule has 1 aromatic carbocycles. The van der Waals surface area contributed by atoms with Gasteiger partial charge in [-0.15, -0.1) is 0 Å². The smallest absolute Gasteiger partial charge is 0.307 e. The van der Waals surface area contributed by atoms with Crippen molar-refractivity contribution in [1.29, 1.82) is 0 Å². The Labute approximate surface area is 115 Å². The van der Waals surface area contributed by atoms with Gasteiger partial charge in [-0.2, -0.15) is 5.10 Å². The van der Waals surface area contributed by atoms with Gasteiger partial charge >= 0.3 is 5.69 Å². The van der Waals surface area contributed by atoms with Gasteiger partial charge in [0.25, 0.3) is 0 Å². The van der Waals surface area contributed by atoms with Crippen LogP contribution in [-0.2, 0) is 13.1 Å². The van der Waals surface area contributed by atoms with Crippen molar-refractivity contribution >= 4 is 11.0 Å². The molecular formula is C14H15N5O. The van der Waals surface area contributed by atoms with Crippen LogP contribution < -0.4 is 11.0 Å². The first-order chi connectivity index (χ1) is 9.74. The molecule has 2 aromatic heterocycles. The summed E-state index contributed by atoms with van der Waals surface area (Å²) in [5, 5.41) is 7.82. The minimum Gasteiger partial charge on any atom is -0.307 e. The van der Waals surface area contributed by atoms with Crippen LogP contribution in [0.3, 0.4) is 0 Å². The molecule has 0 saturated heterocycles. The first kappa shape index (κ1) is 11.5. The van der Waals surface area contributed by atoms with Crippen molar-refractivity contribution in [3.8, 4) is 5.69 Å². The Kier molecular flexibility index (Phi) is 2.34. The van der Waals surface area contributed by atoms with Crippen LogP contribution in [-0.4, -0.2) is 25.4 Å². The number of nitrogens with one attached hydrogen (secondary N) is 2. The number of aromatic amines is 1. The number of fused-ring (bicyclic) bond motifs is 2. The second-order valence-corrected chi connectivity index (χ2v) is 5.22. The SMILES string of the molecule is C[C@H]1Cn2ncc(-n3c(=O)[nH]c4ccccc43)c2CN1. The molecule has 0 spiro atoms. The molecule has 102 valence electrons. The van der Waals surface area contributed by atoms with E-state index >= 15 is 0 Å². The van der Waals surface area contributed by atoms with Crippen molar-refractivity contribution in [2.45, 2.75) is 26.1 Å². The third kappa shape index (κ3) is 1.55. The Morgan fingerprint density at radius 1 is 1.35 bits per heavy atom. The maximum absolute atomic E-state index is 12.2. The molecule has 0 radical (unpaired) electrons. The summed E-state index contributed by atoms with van der Waals surface area (Å²) < 4.78 is 3.68. The van der Waals surface area contributed by atoms with E-state index in [9.17, 15) is 4.79 Å². The van der Waals surface area contributed by atoms with E-state index in [1.54, 1.807) is 10.8 Å². The standard InChI is InChI=1S/C14H15N5O/c1-9-8-18-12(6-15-9)13(7-16-18)19-11-5-3-2-4-10(11)17-14(19)20/h2-5,7,9,15H,6,8H2,1H3,(H,17,20)/t9-/m0/s1. The number of nitrogens with zero attached hydrogens (tertiary/aromatic N) is 3. The highest BCUT2D eigenvalue weighted by atomic mass is 16.1. The largest absolute Gasteiger partial charge is 0.331 e. The lowest BCUT2D eigenvalue weighted by molar-refractivity contribution is 0.389. The van der Waals surface area contributed by atoms with E-state index in [1.807, 2.05) is 28.9 Å². The Hall–Kier alpha value is -2.34. The Bertz CT molecular complexity index is 841. The highest BCUT2D eigenvalue weighted by Crippen LogP contribution is 2.20. The highest BCUT2D eigenvalue weighted by Gasteiger charge is 2.21. The summed E-state index contributed by atoms with van der Waals surface area (Å²) in [7, 11) is 0. The van der Waals surface area contributed by atoms with Crippen molar-refractivity contribution in [3.63, 3.8) is 0 Å². The van der Waals surface area contributed by atoms with Gasteiger partial charge in [-0.05, 0) is 19.1 Å². The minimum atomic E-state index is -0.124. The number of aromatic nitrogens is 4. The molecule has 20 heavy (non-hydrogen) atoms. The van der Waals surface area contributed by atoms with Crippen molar-refractivity contribution in [2.24, 2.45) is 0 Å². The van der Waals surface area contributed by atoms with Crippen LogP contribution in [0.2, 0.25) is 0 Å². The second kappa shape index (κ2) is 4.08. The summed E-state index contributed by atoms with van der Waals surface area (Å²) in [5.41, 5.74) is 3.50. The van der Waals surface area contributed by atoms with Crippen LogP contribution in [0.25, 0.3) is 16.7 Å². The summed E-state index contributed by atoms with van der Waals surface area (Å²) in [6.45, 7) is 3.68. The van der Waals surface area contributed by atoms with Gasteiger partial charge in [-0.25, -0.2) is 4.79 Å². The van der Waals surface area contributed by atoms with Crippen molar-refractivity contribution in [2.75, 3.05) is 0 Å². The number of benzene rings is 1. The average molecular weight is 269 g/mol. The average Bonchev–Trinajstić information content (AvgIpc) is 2.97. The van der Waals surface area contributed by atoms with E-state index in [2.05, 4.69) is 22.3 Å². The fraction of sp³-hybridized carbons (Fsp3) is 0.286. The van der Waals surface area contributed by atoms with Crippen LogP contribution in [0.1, 0.15) is 12.6 Å². The quantitative estimate of drug-likeness (QED) is 0.692. The van der Waals surface area contributed by atoms with Crippen molar-refractivity contribution < 1.29 is 0 Å². The molecule has 2 N–H and O–H groups in total. The second-order valence-electron chi connectivity index (χ2n) is 5.22. The van der Waals surface area contributed by atoms with Crippen LogP contribution >= 0.6 is 0 Å². The normalized spacial score (nSPS) is 18.4. The van der Waals surface area contributed by atoms with E-state index in [-0.39, 0.29) is 5.69 Å². The predicted molar refractivity (Wildman–Crippen MR) is 76.0 cm³/mol. The third-order valence-electron chi connectivity index (χ3n) is 3.82. The molecule has 0 bridgehead atoms. The first-order valence-corrected chi connectivity index (χ1v) is 6.72. The third-order valence-corrected chi connectivity index (χ3v) is 3.82. The van der Waals surface area contributed by atoms with Gasteiger partial charge in [-0.3, -0.25) is 9.25 Å². The number of hydrogen-bond acceptors (Lipinski definition) is 3. The fourth-order valence-electron chi connectivity index (χ4n) is 2.82. The summed E-state index contributed by atoms with van der Waals surface area (Å²) in [5.74, 6) is 0. The maximum Gasteiger partial charge on any atom is 0.331 e. The van der Waals surface area contributed by atoms with E-state index in [1.165, 1.54) is 0 Å². The highest BCUT2D eigenvalue weighted by molar-refractivity contribution is 5.77. The van der Waals surface area contributed by atoms with Gasteiger partial charge in [0.1, 0.15) is 0 Å². The topological polar surface area (TPSA) is 67.6 Å². The molecule has 1 atom stereocenters. The van der Waals surface area contributed by atoms with Crippen LogP contribution in [0.5, 0.6) is 0 Å². The lowest BCUT2D eigenvalue weighted by Crippen LogP contribution is -2.37. The zero-order valence-corrected chi connectivity index (χ0v) is 11.1. The summed E-state index contributed by atoms with van der Waals surface area (Å²) >= 11 is 0. The molecule has 0 amide bonds. The van der Waals surface area contributed by atoms with E-state index in [4.69, 9.17) is 0 Å². The van der Waals surface area contributed by atoms with Crippen LogP contribution in [0.15, 0.2) is 35.3 Å². The monoisotopic (exact) mass is 269 g/mol. The van der Waals surface area contributed by atoms with Gasteiger partial charge in [0.05, 0.1) is 35.2 Å². The van der Waals surface area contributed by atoms with Crippen molar-refractivity contribution in [3.05, 3.63) is 46.6 Å². The predicted octanol–water partition coefficient (Wildman–Crippen LogP) is 1.01. The van der Waals surface area contributed by atoms with Gasteiger partial charge in [-0.1, -0.05) is 12.1 Å². The van der Waals surface area contributed by atoms with Gasteiger partial charge in [0.2, 0.25) is 0 Å². The molecule has 1 aliphatic heterocycles. The van der Waals surface area contributed by atoms with Gasteiger partial charge < -0.3 is 10.3 Å². The number of H-pyrrole nitrogens is 1. The molecule has 0 aliphatic carbocycles. The Morgan fingerprint density at radius 2 is 2.20 bits per heavy atom. The summed E-state index contributed by atoms with van der Waals surface area (Å²) in [6.07, 6.45) is 1.77. The van der Waals surface area contributed by atoms with Crippen molar-refractivity contribution in [1.82, 2.24) is 24.6 Å². The van der Waals surface area contributed by atoms with Crippen LogP contribution in [0.4, 0.5) is 0 Å².